The molecule has 1 N–H and O–H groups in total. The van der Waals surface area contributed by atoms with Crippen LogP contribution in [0.1, 0.15) is 21.5 Å². The summed E-state index contributed by atoms with van der Waals surface area (Å²) < 4.78 is 18.0. The Balaban J connectivity index is 1.41. The minimum absolute atomic E-state index is 0.0922. The molecule has 1 heterocycles. The lowest BCUT2D eigenvalue weighted by Gasteiger charge is -2.34. The van der Waals surface area contributed by atoms with E-state index in [4.69, 9.17) is 4.74 Å². The smallest absolute Gasteiger partial charge is 0.338 e. The van der Waals surface area contributed by atoms with Gasteiger partial charge in [-0.2, -0.15) is 0 Å². The van der Waals surface area contributed by atoms with Crippen LogP contribution in [-0.2, 0) is 14.3 Å². The predicted octanol–water partition coefficient (Wildman–Crippen LogP) is 2.38. The lowest BCUT2D eigenvalue weighted by molar-refractivity contribution is -0.136. The number of anilines is 1. The van der Waals surface area contributed by atoms with Crippen molar-refractivity contribution in [2.24, 2.45) is 0 Å². The number of carbonyl (C=O) groups excluding carboxylic acids is 3. The molecule has 0 aliphatic carbocycles. The molecule has 0 spiro atoms. The number of rotatable bonds is 6. The number of piperazine rings is 1. The second-order valence-corrected chi connectivity index (χ2v) is 7.55. The zero-order chi connectivity index (χ0) is 22.4. The molecule has 2 aromatic rings. The number of hydrogen-bond donors (Lipinski definition) is 1. The summed E-state index contributed by atoms with van der Waals surface area (Å²) in [6, 6.07) is 10.8. The molecule has 1 fully saturated rings. The van der Waals surface area contributed by atoms with E-state index in [9.17, 15) is 18.8 Å². The van der Waals surface area contributed by atoms with E-state index in [-0.39, 0.29) is 30.5 Å². The third kappa shape index (κ3) is 6.11. The van der Waals surface area contributed by atoms with Crippen molar-refractivity contribution in [1.82, 2.24) is 9.80 Å². The molecule has 0 radical (unpaired) electrons. The predicted molar refractivity (Wildman–Crippen MR) is 114 cm³/mol. The van der Waals surface area contributed by atoms with Crippen LogP contribution in [0.15, 0.2) is 42.5 Å². The van der Waals surface area contributed by atoms with Gasteiger partial charge in [-0.25, -0.2) is 9.18 Å². The largest absolute Gasteiger partial charge is 0.452 e. The number of nitrogens with zero attached hydrogens (tertiary/aromatic N) is 2. The molecule has 0 aromatic heterocycles. The fourth-order valence-electron chi connectivity index (χ4n) is 3.44. The summed E-state index contributed by atoms with van der Waals surface area (Å²) in [6.45, 7) is 5.78. The quantitative estimate of drug-likeness (QED) is 0.717. The molecule has 1 saturated heterocycles. The molecule has 1 aliphatic rings. The number of para-hydroxylation sites is 1. The molecular formula is C23H26FN3O4. The van der Waals surface area contributed by atoms with Gasteiger partial charge in [-0.3, -0.25) is 14.5 Å². The van der Waals surface area contributed by atoms with Crippen LogP contribution in [-0.4, -0.2) is 66.9 Å². The lowest BCUT2D eigenvalue weighted by atomic mass is 10.1. The molecule has 2 amide bonds. The number of carbonyl (C=O) groups is 3. The van der Waals surface area contributed by atoms with Crippen LogP contribution in [0.5, 0.6) is 0 Å². The maximum Gasteiger partial charge on any atom is 0.338 e. The highest BCUT2D eigenvalue weighted by molar-refractivity contribution is 5.94. The van der Waals surface area contributed by atoms with Crippen LogP contribution in [0.3, 0.4) is 0 Å². The molecule has 2 aromatic carbocycles. The minimum atomic E-state index is -0.671. The van der Waals surface area contributed by atoms with Gasteiger partial charge in [-0.05, 0) is 49.2 Å². The van der Waals surface area contributed by atoms with Crippen LogP contribution in [0.25, 0.3) is 0 Å². The second kappa shape index (κ2) is 10.2. The molecule has 31 heavy (non-hydrogen) atoms. The summed E-state index contributed by atoms with van der Waals surface area (Å²) in [5.74, 6) is -1.51. The molecule has 164 valence electrons. The molecule has 0 saturated carbocycles. The van der Waals surface area contributed by atoms with Crippen molar-refractivity contribution in [2.45, 2.75) is 13.8 Å². The van der Waals surface area contributed by atoms with Gasteiger partial charge in [-0.1, -0.05) is 18.2 Å². The van der Waals surface area contributed by atoms with Gasteiger partial charge in [0.05, 0.1) is 12.1 Å². The standard InChI is InChI=1S/C23H26FN3O4/c1-16-4-3-5-17(2)22(16)25-20(28)14-26-10-12-27(13-11-26)21(29)15-31-23(30)18-6-8-19(24)9-7-18/h3-9H,10-15H2,1-2H3,(H,25,28). The number of aryl methyl sites for hydroxylation is 2. The fourth-order valence-corrected chi connectivity index (χ4v) is 3.44. The molecule has 0 unspecified atom stereocenters. The number of halogens is 1. The normalized spacial score (nSPS) is 14.2. The first kappa shape index (κ1) is 22.4. The molecule has 1 aliphatic heterocycles. The summed E-state index contributed by atoms with van der Waals surface area (Å²) in [7, 11) is 0. The topological polar surface area (TPSA) is 79.0 Å². The Bertz CT molecular complexity index is 934. The maximum atomic E-state index is 12.9. The van der Waals surface area contributed by atoms with E-state index in [0.717, 1.165) is 28.9 Å². The van der Waals surface area contributed by atoms with Crippen molar-refractivity contribution >= 4 is 23.5 Å². The summed E-state index contributed by atoms with van der Waals surface area (Å²) in [5, 5.41) is 2.97. The van der Waals surface area contributed by atoms with Gasteiger partial charge < -0.3 is 15.0 Å². The van der Waals surface area contributed by atoms with Crippen LogP contribution in [0.2, 0.25) is 0 Å². The van der Waals surface area contributed by atoms with Crippen LogP contribution >= 0.6 is 0 Å². The monoisotopic (exact) mass is 427 g/mol. The Morgan fingerprint density at radius 1 is 0.968 bits per heavy atom. The van der Waals surface area contributed by atoms with Crippen LogP contribution in [0.4, 0.5) is 10.1 Å². The molecule has 0 atom stereocenters. The van der Waals surface area contributed by atoms with E-state index in [0.29, 0.717) is 26.2 Å². The SMILES string of the molecule is Cc1cccc(C)c1NC(=O)CN1CCN(C(=O)COC(=O)c2ccc(F)cc2)CC1. The molecule has 7 nitrogen and oxygen atoms in total. The van der Waals surface area contributed by atoms with Gasteiger partial charge in [0.2, 0.25) is 5.91 Å². The summed E-state index contributed by atoms with van der Waals surface area (Å²) in [4.78, 5) is 40.3. The van der Waals surface area contributed by atoms with E-state index in [1.54, 1.807) is 4.90 Å². The summed E-state index contributed by atoms with van der Waals surface area (Å²) >= 11 is 0. The Morgan fingerprint density at radius 3 is 2.19 bits per heavy atom. The minimum Gasteiger partial charge on any atom is -0.452 e. The van der Waals surface area contributed by atoms with Gasteiger partial charge in [-0.15, -0.1) is 0 Å². The Morgan fingerprint density at radius 2 is 1.58 bits per heavy atom. The maximum absolute atomic E-state index is 12.9. The van der Waals surface area contributed by atoms with Crippen molar-refractivity contribution in [1.29, 1.82) is 0 Å². The van der Waals surface area contributed by atoms with E-state index in [1.807, 2.05) is 36.9 Å². The first-order valence-corrected chi connectivity index (χ1v) is 10.1. The Kier molecular flexibility index (Phi) is 7.36. The van der Waals surface area contributed by atoms with Gasteiger partial charge >= 0.3 is 5.97 Å². The highest BCUT2D eigenvalue weighted by atomic mass is 19.1. The van der Waals surface area contributed by atoms with Gasteiger partial charge in [0, 0.05) is 31.9 Å². The number of nitrogens with one attached hydrogen (secondary N) is 1. The van der Waals surface area contributed by atoms with Crippen molar-refractivity contribution in [3.8, 4) is 0 Å². The molecule has 8 heteroatoms. The zero-order valence-electron chi connectivity index (χ0n) is 17.7. The molecule has 0 bridgehead atoms. The van der Waals surface area contributed by atoms with E-state index in [2.05, 4.69) is 5.32 Å². The third-order valence-corrected chi connectivity index (χ3v) is 5.24. The number of hydrogen-bond acceptors (Lipinski definition) is 5. The Hall–Kier alpha value is -3.26. The van der Waals surface area contributed by atoms with E-state index in [1.165, 1.54) is 12.1 Å². The van der Waals surface area contributed by atoms with Gasteiger partial charge in [0.1, 0.15) is 5.82 Å². The highest BCUT2D eigenvalue weighted by Crippen LogP contribution is 2.19. The zero-order valence-corrected chi connectivity index (χ0v) is 17.7. The summed E-state index contributed by atoms with van der Waals surface area (Å²) in [5.41, 5.74) is 3.05. The van der Waals surface area contributed by atoms with Crippen LogP contribution in [0, 0.1) is 19.7 Å². The van der Waals surface area contributed by atoms with Crippen molar-refractivity contribution in [3.05, 3.63) is 65.0 Å². The fraction of sp³-hybridized carbons (Fsp3) is 0.348. The van der Waals surface area contributed by atoms with Gasteiger partial charge in [0.25, 0.3) is 5.91 Å². The lowest BCUT2D eigenvalue weighted by Crippen LogP contribution is -2.51. The van der Waals surface area contributed by atoms with Crippen molar-refractivity contribution in [2.75, 3.05) is 44.6 Å². The number of benzene rings is 2. The molecular weight excluding hydrogens is 401 g/mol. The number of amides is 2. The first-order valence-electron chi connectivity index (χ1n) is 10.1. The van der Waals surface area contributed by atoms with E-state index < -0.39 is 11.8 Å². The average Bonchev–Trinajstić information content (AvgIpc) is 2.75. The number of esters is 1. The number of ether oxygens (including phenoxy) is 1. The van der Waals surface area contributed by atoms with Crippen molar-refractivity contribution in [3.63, 3.8) is 0 Å². The summed E-state index contributed by atoms with van der Waals surface area (Å²) in [6.07, 6.45) is 0. The van der Waals surface area contributed by atoms with Crippen molar-refractivity contribution < 1.29 is 23.5 Å². The average molecular weight is 427 g/mol. The molecule has 3 rings (SSSR count). The van der Waals surface area contributed by atoms with E-state index >= 15 is 0 Å². The highest BCUT2D eigenvalue weighted by Gasteiger charge is 2.23. The first-order chi connectivity index (χ1) is 14.8. The second-order valence-electron chi connectivity index (χ2n) is 7.55. The van der Waals surface area contributed by atoms with Gasteiger partial charge in [0.15, 0.2) is 6.61 Å². The Labute approximate surface area is 180 Å². The van der Waals surface area contributed by atoms with Crippen LogP contribution < -0.4 is 5.32 Å². The third-order valence-electron chi connectivity index (χ3n) is 5.24.